The van der Waals surface area contributed by atoms with Crippen LogP contribution in [0.25, 0.3) is 11.6 Å². The van der Waals surface area contributed by atoms with Crippen LogP contribution in [0, 0.1) is 0 Å². The summed E-state index contributed by atoms with van der Waals surface area (Å²) in [6.45, 7) is -0.0528. The molecule has 1 saturated carbocycles. The van der Waals surface area contributed by atoms with Crippen molar-refractivity contribution < 1.29 is 35.2 Å². The number of halogens is 4. The van der Waals surface area contributed by atoms with Crippen molar-refractivity contribution in [3.8, 4) is 11.6 Å². The van der Waals surface area contributed by atoms with Gasteiger partial charge in [0.05, 0.1) is 4.90 Å². The molecule has 4 rings (SSSR count). The Labute approximate surface area is 173 Å². The number of pyridine rings is 1. The number of aromatic nitrogens is 3. The fourth-order valence-corrected chi connectivity index (χ4v) is 5.79. The molecule has 1 amide bonds. The highest BCUT2D eigenvalue weighted by Crippen LogP contribution is 2.37. The summed E-state index contributed by atoms with van der Waals surface area (Å²) in [5.41, 5.74) is 0.261. The number of carbonyl (C=O) groups is 1. The first kappa shape index (κ1) is 21.6. The zero-order valence-electron chi connectivity index (χ0n) is 15.8. The molecule has 0 bridgehead atoms. The molecule has 2 aliphatic rings. The molecule has 31 heavy (non-hydrogen) atoms. The minimum atomic E-state index is -4.06. The Morgan fingerprint density at radius 1 is 1.19 bits per heavy atom. The first-order valence-electron chi connectivity index (χ1n) is 9.39. The van der Waals surface area contributed by atoms with E-state index in [4.69, 9.17) is 4.42 Å². The van der Waals surface area contributed by atoms with Crippen LogP contribution in [0.15, 0.2) is 21.6 Å². The Balaban J connectivity index is 1.62. The highest BCUT2D eigenvalue weighted by Gasteiger charge is 2.44. The van der Waals surface area contributed by atoms with Crippen molar-refractivity contribution in [2.75, 3.05) is 0 Å². The molecule has 2 atom stereocenters. The first-order chi connectivity index (χ1) is 14.7. The lowest BCUT2D eigenvalue weighted by molar-refractivity contribution is -0.133. The standard InChI is InChI=1S/C17H17F4N5O4S/c18-13(19)15(27)23-9-3-1-2-4-11(9)26-7-8-6-22-10(5-12(8)31(26,28)29)16-24-25-17(30-16)14(20)21/h5-6,9,11,13-14H,1-4,7H2,(H,23,27)/t9-,11-/m1/s1. The molecule has 0 unspecified atom stereocenters. The Morgan fingerprint density at radius 2 is 1.94 bits per heavy atom. The van der Waals surface area contributed by atoms with Gasteiger partial charge in [-0.1, -0.05) is 12.8 Å². The van der Waals surface area contributed by atoms with E-state index in [2.05, 4.69) is 20.5 Å². The maximum absolute atomic E-state index is 13.2. The number of rotatable bonds is 5. The van der Waals surface area contributed by atoms with E-state index >= 15 is 0 Å². The van der Waals surface area contributed by atoms with Crippen molar-refractivity contribution in [2.45, 2.75) is 62.1 Å². The smallest absolute Gasteiger partial charge is 0.315 e. The topological polar surface area (TPSA) is 118 Å². The molecular formula is C17H17F4N5O4S. The summed E-state index contributed by atoms with van der Waals surface area (Å²) in [6.07, 6.45) is -2.81. The molecule has 1 aliphatic heterocycles. The lowest BCUT2D eigenvalue weighted by atomic mass is 9.90. The van der Waals surface area contributed by atoms with Crippen LogP contribution in [0.1, 0.15) is 43.6 Å². The number of hydrogen-bond donors (Lipinski definition) is 1. The average Bonchev–Trinajstić information content (AvgIpc) is 3.32. The maximum Gasteiger partial charge on any atom is 0.315 e. The summed E-state index contributed by atoms with van der Waals surface area (Å²) < 4.78 is 83.1. The fourth-order valence-electron chi connectivity index (χ4n) is 3.91. The van der Waals surface area contributed by atoms with Gasteiger partial charge in [0.25, 0.3) is 17.7 Å². The van der Waals surface area contributed by atoms with Crippen molar-refractivity contribution in [1.29, 1.82) is 0 Å². The fraction of sp³-hybridized carbons (Fsp3) is 0.529. The maximum atomic E-state index is 13.2. The van der Waals surface area contributed by atoms with Gasteiger partial charge < -0.3 is 9.73 Å². The first-order valence-corrected chi connectivity index (χ1v) is 10.8. The lowest BCUT2D eigenvalue weighted by Crippen LogP contribution is -2.54. The number of carbonyl (C=O) groups excluding carboxylic acids is 1. The number of fused-ring (bicyclic) bond motifs is 1. The minimum absolute atomic E-state index is 0.0528. The molecule has 0 saturated heterocycles. The third-order valence-electron chi connectivity index (χ3n) is 5.33. The number of nitrogens with zero attached hydrogens (tertiary/aromatic N) is 4. The minimum Gasteiger partial charge on any atom is -0.414 e. The third kappa shape index (κ3) is 4.01. The molecule has 14 heteroatoms. The van der Waals surface area contributed by atoms with Gasteiger partial charge in [-0.2, -0.15) is 21.9 Å². The third-order valence-corrected chi connectivity index (χ3v) is 7.28. The van der Waals surface area contributed by atoms with Gasteiger partial charge in [0.2, 0.25) is 10.0 Å². The monoisotopic (exact) mass is 463 g/mol. The molecule has 1 fully saturated rings. The Morgan fingerprint density at radius 3 is 2.61 bits per heavy atom. The van der Waals surface area contributed by atoms with Gasteiger partial charge in [-0.15, -0.1) is 10.2 Å². The van der Waals surface area contributed by atoms with E-state index in [1.54, 1.807) is 0 Å². The Hall–Kier alpha value is -2.61. The number of sulfonamides is 1. The van der Waals surface area contributed by atoms with E-state index in [-0.39, 0.29) is 23.0 Å². The van der Waals surface area contributed by atoms with E-state index in [1.807, 2.05) is 0 Å². The molecule has 2 aromatic heterocycles. The normalized spacial score (nSPS) is 23.3. The van der Waals surface area contributed by atoms with E-state index < -0.39 is 46.8 Å². The average molecular weight is 463 g/mol. The second-order valence-corrected chi connectivity index (χ2v) is 9.10. The molecule has 1 N–H and O–H groups in total. The molecule has 3 heterocycles. The van der Waals surface area contributed by atoms with Gasteiger partial charge in [0.15, 0.2) is 0 Å². The van der Waals surface area contributed by atoms with Crippen molar-refractivity contribution in [3.05, 3.63) is 23.7 Å². The largest absolute Gasteiger partial charge is 0.414 e. The number of amides is 1. The Bertz CT molecular complexity index is 1090. The number of nitrogens with one attached hydrogen (secondary N) is 1. The quantitative estimate of drug-likeness (QED) is 0.676. The summed E-state index contributed by atoms with van der Waals surface area (Å²) >= 11 is 0. The summed E-state index contributed by atoms with van der Waals surface area (Å²) in [5.74, 6) is -2.71. The predicted octanol–water partition coefficient (Wildman–Crippen LogP) is 2.27. The summed E-state index contributed by atoms with van der Waals surface area (Å²) in [6, 6.07) is -0.300. The van der Waals surface area contributed by atoms with Crippen molar-refractivity contribution in [3.63, 3.8) is 0 Å². The second kappa shape index (κ2) is 8.15. The summed E-state index contributed by atoms with van der Waals surface area (Å²) in [5, 5.41) is 8.90. The van der Waals surface area contributed by atoms with Crippen molar-refractivity contribution in [2.24, 2.45) is 0 Å². The SMILES string of the molecule is O=C(N[C@@H]1CCCC[C@H]1N1Cc2cnc(-c3nnc(C(F)F)o3)cc2S1(=O)=O)C(F)F. The predicted molar refractivity (Wildman–Crippen MR) is 95.4 cm³/mol. The van der Waals surface area contributed by atoms with Gasteiger partial charge in [-0.3, -0.25) is 9.78 Å². The molecule has 1 aliphatic carbocycles. The molecule has 9 nitrogen and oxygen atoms in total. The van der Waals surface area contributed by atoms with Crippen LogP contribution >= 0.6 is 0 Å². The Kier molecular flexibility index (Phi) is 5.68. The molecular weight excluding hydrogens is 446 g/mol. The van der Waals surface area contributed by atoms with Crippen LogP contribution < -0.4 is 5.32 Å². The lowest BCUT2D eigenvalue weighted by Gasteiger charge is -2.37. The van der Waals surface area contributed by atoms with Crippen LogP contribution in [0.4, 0.5) is 17.6 Å². The highest BCUT2D eigenvalue weighted by molar-refractivity contribution is 7.89. The van der Waals surface area contributed by atoms with Crippen LogP contribution in [0.2, 0.25) is 0 Å². The van der Waals surface area contributed by atoms with Crippen molar-refractivity contribution >= 4 is 15.9 Å². The van der Waals surface area contributed by atoms with Gasteiger partial charge in [-0.05, 0) is 18.9 Å². The van der Waals surface area contributed by atoms with E-state index in [0.29, 0.717) is 31.2 Å². The van der Waals surface area contributed by atoms with Gasteiger partial charge in [0.1, 0.15) is 5.69 Å². The van der Waals surface area contributed by atoms with Crippen LogP contribution in [0.5, 0.6) is 0 Å². The summed E-state index contributed by atoms with van der Waals surface area (Å²) in [7, 11) is -4.06. The molecule has 0 spiro atoms. The van der Waals surface area contributed by atoms with E-state index in [9.17, 15) is 30.8 Å². The summed E-state index contributed by atoms with van der Waals surface area (Å²) in [4.78, 5) is 15.4. The van der Waals surface area contributed by atoms with E-state index in [0.717, 1.165) is 10.4 Å². The highest BCUT2D eigenvalue weighted by atomic mass is 32.2. The van der Waals surface area contributed by atoms with Crippen LogP contribution in [-0.2, 0) is 21.4 Å². The number of hydrogen-bond acceptors (Lipinski definition) is 7. The zero-order valence-corrected chi connectivity index (χ0v) is 16.7. The van der Waals surface area contributed by atoms with Crippen LogP contribution in [0.3, 0.4) is 0 Å². The zero-order chi connectivity index (χ0) is 22.3. The van der Waals surface area contributed by atoms with Gasteiger partial charge in [-0.25, -0.2) is 8.42 Å². The van der Waals surface area contributed by atoms with Gasteiger partial charge in [0, 0.05) is 30.4 Å². The van der Waals surface area contributed by atoms with Gasteiger partial charge >= 0.3 is 12.9 Å². The molecule has 2 aromatic rings. The van der Waals surface area contributed by atoms with E-state index in [1.165, 1.54) is 6.20 Å². The second-order valence-electron chi connectivity index (χ2n) is 7.24. The molecule has 0 radical (unpaired) electrons. The van der Waals surface area contributed by atoms with Crippen LogP contribution in [-0.4, -0.2) is 52.3 Å². The molecule has 168 valence electrons. The van der Waals surface area contributed by atoms with Crippen molar-refractivity contribution in [1.82, 2.24) is 24.8 Å². The molecule has 0 aromatic carbocycles. The number of alkyl halides is 4.